The standard InChI is InChI=1S/C14H15NO3/c1-16-12-4-6-13(7-5-12)17-9-10-18-14-3-2-8-15-11-14/h2-8,11H,9-10H2,1H3. The minimum Gasteiger partial charge on any atom is -0.497 e. The summed E-state index contributed by atoms with van der Waals surface area (Å²) in [6.07, 6.45) is 3.38. The maximum absolute atomic E-state index is 5.53. The molecule has 0 amide bonds. The maximum Gasteiger partial charge on any atom is 0.137 e. The lowest BCUT2D eigenvalue weighted by Gasteiger charge is -2.08. The van der Waals surface area contributed by atoms with E-state index in [1.54, 1.807) is 19.5 Å². The molecule has 0 atom stereocenters. The Morgan fingerprint density at radius 1 is 0.889 bits per heavy atom. The van der Waals surface area contributed by atoms with E-state index in [1.807, 2.05) is 36.4 Å². The molecule has 0 spiro atoms. The number of nitrogens with zero attached hydrogens (tertiary/aromatic N) is 1. The monoisotopic (exact) mass is 245 g/mol. The fourth-order valence-electron chi connectivity index (χ4n) is 1.42. The van der Waals surface area contributed by atoms with Crippen LogP contribution in [0.2, 0.25) is 0 Å². The Labute approximate surface area is 106 Å². The zero-order valence-corrected chi connectivity index (χ0v) is 10.2. The van der Waals surface area contributed by atoms with Gasteiger partial charge in [-0.3, -0.25) is 4.98 Å². The molecule has 1 aromatic carbocycles. The molecule has 18 heavy (non-hydrogen) atoms. The Kier molecular flexibility index (Phi) is 4.41. The van der Waals surface area contributed by atoms with Crippen LogP contribution in [0.1, 0.15) is 0 Å². The number of hydrogen-bond donors (Lipinski definition) is 0. The van der Waals surface area contributed by atoms with E-state index in [2.05, 4.69) is 4.98 Å². The van der Waals surface area contributed by atoms with Crippen molar-refractivity contribution in [1.29, 1.82) is 0 Å². The van der Waals surface area contributed by atoms with Crippen LogP contribution in [0.15, 0.2) is 48.8 Å². The van der Waals surface area contributed by atoms with Gasteiger partial charge in [0.2, 0.25) is 0 Å². The first kappa shape index (κ1) is 12.2. The normalized spacial score (nSPS) is 9.83. The Hall–Kier alpha value is -2.23. The van der Waals surface area contributed by atoms with Crippen molar-refractivity contribution in [3.8, 4) is 17.2 Å². The highest BCUT2D eigenvalue weighted by atomic mass is 16.5. The van der Waals surface area contributed by atoms with Gasteiger partial charge in [-0.2, -0.15) is 0 Å². The predicted octanol–water partition coefficient (Wildman–Crippen LogP) is 2.55. The molecule has 0 N–H and O–H groups in total. The highest BCUT2D eigenvalue weighted by Crippen LogP contribution is 2.16. The van der Waals surface area contributed by atoms with Crippen molar-refractivity contribution in [2.24, 2.45) is 0 Å². The van der Waals surface area contributed by atoms with Gasteiger partial charge in [0.05, 0.1) is 13.3 Å². The number of aromatic nitrogens is 1. The highest BCUT2D eigenvalue weighted by molar-refractivity contribution is 5.31. The minimum absolute atomic E-state index is 0.484. The van der Waals surface area contributed by atoms with E-state index in [0.717, 1.165) is 17.2 Å². The van der Waals surface area contributed by atoms with Gasteiger partial charge in [-0.1, -0.05) is 0 Å². The lowest BCUT2D eigenvalue weighted by molar-refractivity contribution is 0.216. The molecule has 0 aliphatic carbocycles. The molecule has 0 radical (unpaired) electrons. The van der Waals surface area contributed by atoms with Crippen molar-refractivity contribution in [2.75, 3.05) is 20.3 Å². The molecule has 0 aliphatic rings. The van der Waals surface area contributed by atoms with Crippen LogP contribution in [0.5, 0.6) is 17.2 Å². The van der Waals surface area contributed by atoms with Gasteiger partial charge < -0.3 is 14.2 Å². The molecule has 1 aromatic heterocycles. The van der Waals surface area contributed by atoms with Gasteiger partial charge in [0, 0.05) is 6.20 Å². The molecule has 2 rings (SSSR count). The van der Waals surface area contributed by atoms with E-state index < -0.39 is 0 Å². The SMILES string of the molecule is COc1ccc(OCCOc2cccnc2)cc1. The third-order valence-electron chi connectivity index (χ3n) is 2.31. The summed E-state index contributed by atoms with van der Waals surface area (Å²) in [5.74, 6) is 2.36. The zero-order valence-electron chi connectivity index (χ0n) is 10.2. The Morgan fingerprint density at radius 2 is 1.56 bits per heavy atom. The average molecular weight is 245 g/mol. The van der Waals surface area contributed by atoms with E-state index in [9.17, 15) is 0 Å². The van der Waals surface area contributed by atoms with Crippen LogP contribution in [0.3, 0.4) is 0 Å². The fourth-order valence-corrected chi connectivity index (χ4v) is 1.42. The second kappa shape index (κ2) is 6.49. The van der Waals surface area contributed by atoms with E-state index in [-0.39, 0.29) is 0 Å². The smallest absolute Gasteiger partial charge is 0.137 e. The first-order valence-electron chi connectivity index (χ1n) is 5.68. The molecule has 1 heterocycles. The number of methoxy groups -OCH3 is 1. The topological polar surface area (TPSA) is 40.6 Å². The second-order valence-electron chi connectivity index (χ2n) is 3.56. The van der Waals surface area contributed by atoms with Crippen LogP contribution < -0.4 is 14.2 Å². The summed E-state index contributed by atoms with van der Waals surface area (Å²) in [5, 5.41) is 0. The van der Waals surface area contributed by atoms with Gasteiger partial charge in [-0.25, -0.2) is 0 Å². The van der Waals surface area contributed by atoms with E-state index in [1.165, 1.54) is 0 Å². The van der Waals surface area contributed by atoms with Gasteiger partial charge >= 0.3 is 0 Å². The lowest BCUT2D eigenvalue weighted by Crippen LogP contribution is -2.08. The third kappa shape index (κ3) is 3.66. The first-order chi connectivity index (χ1) is 8.88. The largest absolute Gasteiger partial charge is 0.497 e. The average Bonchev–Trinajstić information content (AvgIpc) is 2.45. The van der Waals surface area contributed by atoms with Crippen molar-refractivity contribution in [3.63, 3.8) is 0 Å². The van der Waals surface area contributed by atoms with Gasteiger partial charge in [0.1, 0.15) is 30.5 Å². The van der Waals surface area contributed by atoms with Crippen molar-refractivity contribution in [1.82, 2.24) is 4.98 Å². The van der Waals surface area contributed by atoms with Crippen LogP contribution in [0.4, 0.5) is 0 Å². The number of pyridine rings is 1. The predicted molar refractivity (Wildman–Crippen MR) is 68.2 cm³/mol. The zero-order chi connectivity index (χ0) is 12.6. The molecule has 0 unspecified atom stereocenters. The molecule has 0 fully saturated rings. The van der Waals surface area contributed by atoms with Gasteiger partial charge in [0.25, 0.3) is 0 Å². The van der Waals surface area contributed by atoms with E-state index >= 15 is 0 Å². The number of ether oxygens (including phenoxy) is 3. The van der Waals surface area contributed by atoms with Crippen LogP contribution in [0, 0.1) is 0 Å². The van der Waals surface area contributed by atoms with Crippen LogP contribution in [0.25, 0.3) is 0 Å². The highest BCUT2D eigenvalue weighted by Gasteiger charge is 1.96. The summed E-state index contributed by atoms with van der Waals surface area (Å²) in [6.45, 7) is 0.971. The van der Waals surface area contributed by atoms with Crippen LogP contribution in [-0.4, -0.2) is 25.3 Å². The molecule has 4 nitrogen and oxygen atoms in total. The molecule has 0 saturated heterocycles. The summed E-state index contributed by atoms with van der Waals surface area (Å²) in [6, 6.07) is 11.1. The summed E-state index contributed by atoms with van der Waals surface area (Å²) in [4.78, 5) is 3.96. The summed E-state index contributed by atoms with van der Waals surface area (Å²) < 4.78 is 16.1. The van der Waals surface area contributed by atoms with E-state index in [0.29, 0.717) is 13.2 Å². The van der Waals surface area contributed by atoms with Gasteiger partial charge in [-0.05, 0) is 36.4 Å². The molecule has 94 valence electrons. The number of hydrogen-bond acceptors (Lipinski definition) is 4. The van der Waals surface area contributed by atoms with E-state index in [4.69, 9.17) is 14.2 Å². The maximum atomic E-state index is 5.53. The van der Waals surface area contributed by atoms with Crippen LogP contribution in [-0.2, 0) is 0 Å². The quantitative estimate of drug-likeness (QED) is 0.733. The molecular formula is C14H15NO3. The minimum atomic E-state index is 0.484. The summed E-state index contributed by atoms with van der Waals surface area (Å²) >= 11 is 0. The molecular weight excluding hydrogens is 230 g/mol. The Morgan fingerprint density at radius 3 is 2.17 bits per heavy atom. The Balaban J connectivity index is 1.72. The van der Waals surface area contributed by atoms with Crippen LogP contribution >= 0.6 is 0 Å². The number of benzene rings is 1. The fraction of sp³-hybridized carbons (Fsp3) is 0.214. The van der Waals surface area contributed by atoms with Crippen molar-refractivity contribution < 1.29 is 14.2 Å². The molecule has 0 aliphatic heterocycles. The second-order valence-corrected chi connectivity index (χ2v) is 3.56. The molecule has 2 aromatic rings. The summed E-state index contributed by atoms with van der Waals surface area (Å²) in [7, 11) is 1.64. The number of rotatable bonds is 6. The van der Waals surface area contributed by atoms with Crippen molar-refractivity contribution in [3.05, 3.63) is 48.8 Å². The first-order valence-corrected chi connectivity index (χ1v) is 5.68. The van der Waals surface area contributed by atoms with Crippen molar-refractivity contribution >= 4 is 0 Å². The lowest BCUT2D eigenvalue weighted by atomic mass is 10.3. The Bertz CT molecular complexity index is 456. The van der Waals surface area contributed by atoms with Gasteiger partial charge in [0.15, 0.2) is 0 Å². The molecule has 0 saturated carbocycles. The van der Waals surface area contributed by atoms with Crippen molar-refractivity contribution in [2.45, 2.75) is 0 Å². The molecule has 4 heteroatoms. The summed E-state index contributed by atoms with van der Waals surface area (Å²) in [5.41, 5.74) is 0. The van der Waals surface area contributed by atoms with Gasteiger partial charge in [-0.15, -0.1) is 0 Å². The third-order valence-corrected chi connectivity index (χ3v) is 2.31. The molecule has 0 bridgehead atoms.